The van der Waals surface area contributed by atoms with Gasteiger partial charge in [-0.25, -0.2) is 0 Å². The number of rotatable bonds is 22. The van der Waals surface area contributed by atoms with Gasteiger partial charge < -0.3 is 24.1 Å². The van der Waals surface area contributed by atoms with Crippen molar-refractivity contribution in [2.45, 2.75) is 77.7 Å². The molecule has 0 spiro atoms. The predicted octanol–water partition coefficient (Wildman–Crippen LogP) is 5.49. The molecule has 1 aromatic carbocycles. The molecule has 1 unspecified atom stereocenters. The molecule has 0 aliphatic rings. The average Bonchev–Trinajstić information content (AvgIpc) is 2.79. The van der Waals surface area contributed by atoms with Crippen molar-refractivity contribution in [1.82, 2.24) is 0 Å². The zero-order chi connectivity index (χ0) is 22.4. The molecule has 1 atom stereocenters. The molecule has 0 radical (unpaired) electrons. The molecule has 0 aliphatic heterocycles. The van der Waals surface area contributed by atoms with Gasteiger partial charge in [-0.1, -0.05) is 83.1 Å². The van der Waals surface area contributed by atoms with Crippen molar-refractivity contribution in [1.29, 1.82) is 0 Å². The van der Waals surface area contributed by atoms with Crippen molar-refractivity contribution in [3.05, 3.63) is 35.4 Å². The van der Waals surface area contributed by atoms with Gasteiger partial charge in [0.1, 0.15) is 0 Å². The second-order valence-corrected chi connectivity index (χ2v) is 8.17. The van der Waals surface area contributed by atoms with Crippen LogP contribution in [0.3, 0.4) is 0 Å². The van der Waals surface area contributed by atoms with Crippen LogP contribution in [-0.4, -0.2) is 58.0 Å². The molecule has 0 heterocycles. The van der Waals surface area contributed by atoms with Gasteiger partial charge in [0.15, 0.2) is 0 Å². The van der Waals surface area contributed by atoms with Gasteiger partial charge in [-0.3, -0.25) is 0 Å². The molecule has 0 aromatic heterocycles. The molecule has 1 aromatic rings. The summed E-state index contributed by atoms with van der Waals surface area (Å²) in [4.78, 5) is 0. The van der Waals surface area contributed by atoms with Crippen LogP contribution in [0.4, 0.5) is 0 Å². The second-order valence-electron chi connectivity index (χ2n) is 8.17. The molecular weight excluding hydrogens is 392 g/mol. The Hall–Kier alpha value is -0.980. The van der Waals surface area contributed by atoms with Crippen molar-refractivity contribution in [3.8, 4) is 0 Å². The van der Waals surface area contributed by atoms with Crippen LogP contribution < -0.4 is 0 Å². The first-order chi connectivity index (χ1) is 15.3. The maximum Gasteiger partial charge on any atom is 0.0718 e. The van der Waals surface area contributed by atoms with E-state index in [-0.39, 0.29) is 6.61 Å². The molecule has 31 heavy (non-hydrogen) atoms. The molecule has 0 bridgehead atoms. The van der Waals surface area contributed by atoms with Gasteiger partial charge in [-0.15, -0.1) is 0 Å². The molecule has 0 amide bonds. The molecule has 180 valence electrons. The summed E-state index contributed by atoms with van der Waals surface area (Å²) in [5, 5.41) is 8.58. The van der Waals surface area contributed by atoms with Crippen molar-refractivity contribution >= 4 is 0 Å². The quantitative estimate of drug-likeness (QED) is 0.243. The molecule has 5 nitrogen and oxygen atoms in total. The Balaban J connectivity index is 1.99. The van der Waals surface area contributed by atoms with Crippen LogP contribution in [-0.2, 0) is 25.6 Å². The molecule has 0 saturated heterocycles. The number of aliphatic hydroxyl groups excluding tert-OH is 1. The summed E-state index contributed by atoms with van der Waals surface area (Å²) in [7, 11) is 0. The van der Waals surface area contributed by atoms with E-state index in [1.54, 1.807) is 0 Å². The Morgan fingerprint density at radius 1 is 0.677 bits per heavy atom. The van der Waals surface area contributed by atoms with Gasteiger partial charge in [0.25, 0.3) is 0 Å². The summed E-state index contributed by atoms with van der Waals surface area (Å²) in [6.45, 7) is 8.90. The van der Waals surface area contributed by atoms with Crippen molar-refractivity contribution in [3.63, 3.8) is 0 Å². The molecule has 1 rings (SSSR count). The smallest absolute Gasteiger partial charge is 0.0718 e. The van der Waals surface area contributed by atoms with Crippen LogP contribution in [0, 0.1) is 0 Å². The third-order valence-corrected chi connectivity index (χ3v) is 5.41. The van der Waals surface area contributed by atoms with E-state index in [2.05, 4.69) is 38.1 Å². The number of benzene rings is 1. The first kappa shape index (κ1) is 28.1. The van der Waals surface area contributed by atoms with E-state index in [4.69, 9.17) is 24.1 Å². The highest BCUT2D eigenvalue weighted by atomic mass is 16.6. The van der Waals surface area contributed by atoms with Gasteiger partial charge in [-0.2, -0.15) is 0 Å². The van der Waals surface area contributed by atoms with E-state index in [0.717, 1.165) is 0 Å². The van der Waals surface area contributed by atoms with Crippen LogP contribution in [0.15, 0.2) is 24.3 Å². The van der Waals surface area contributed by atoms with Gasteiger partial charge >= 0.3 is 0 Å². The Morgan fingerprint density at radius 2 is 1.19 bits per heavy atom. The van der Waals surface area contributed by atoms with E-state index in [1.165, 1.54) is 62.5 Å². The summed E-state index contributed by atoms with van der Waals surface area (Å²) < 4.78 is 21.7. The highest BCUT2D eigenvalue weighted by Crippen LogP contribution is 2.23. The third-order valence-electron chi connectivity index (χ3n) is 5.41. The monoisotopic (exact) mass is 438 g/mol. The second kappa shape index (κ2) is 20.9. The number of hydrogen-bond donors (Lipinski definition) is 1. The minimum Gasteiger partial charge on any atom is -0.394 e. The predicted molar refractivity (Wildman–Crippen MR) is 127 cm³/mol. The molecular formula is C26H46O5. The lowest BCUT2D eigenvalue weighted by molar-refractivity contribution is -0.00743. The SMILES string of the molecule is CCCCCCCCCC(C)c1ccc(COCCOCCOCCOCCO)cc1. The summed E-state index contributed by atoms with van der Waals surface area (Å²) >= 11 is 0. The summed E-state index contributed by atoms with van der Waals surface area (Å²) in [5.74, 6) is 0.627. The normalized spacial score (nSPS) is 12.4. The Morgan fingerprint density at radius 3 is 1.77 bits per heavy atom. The average molecular weight is 439 g/mol. The standard InChI is InChI=1S/C26H46O5/c1-3-4-5-6-7-8-9-10-24(2)26-13-11-25(12-14-26)23-31-22-21-30-20-19-29-18-17-28-16-15-27/h11-14,24,27H,3-10,15-23H2,1-2H3. The largest absolute Gasteiger partial charge is 0.394 e. The van der Waals surface area contributed by atoms with E-state index in [9.17, 15) is 0 Å². The van der Waals surface area contributed by atoms with Gasteiger partial charge in [0.2, 0.25) is 0 Å². The first-order valence-electron chi connectivity index (χ1n) is 12.3. The summed E-state index contributed by atoms with van der Waals surface area (Å²) in [6, 6.07) is 8.87. The fourth-order valence-electron chi connectivity index (χ4n) is 3.43. The summed E-state index contributed by atoms with van der Waals surface area (Å²) in [6.07, 6.45) is 10.9. The third kappa shape index (κ3) is 16.3. The zero-order valence-electron chi connectivity index (χ0n) is 20.0. The van der Waals surface area contributed by atoms with Gasteiger partial charge in [0.05, 0.1) is 59.5 Å². The number of hydrogen-bond acceptors (Lipinski definition) is 5. The van der Waals surface area contributed by atoms with Gasteiger partial charge in [0, 0.05) is 0 Å². The molecule has 1 N–H and O–H groups in total. The van der Waals surface area contributed by atoms with Crippen molar-refractivity contribution < 1.29 is 24.1 Å². The number of ether oxygens (including phenoxy) is 4. The molecule has 5 heteroatoms. The van der Waals surface area contributed by atoms with E-state index >= 15 is 0 Å². The minimum atomic E-state index is 0.0473. The fraction of sp³-hybridized carbons (Fsp3) is 0.769. The van der Waals surface area contributed by atoms with Crippen LogP contribution in [0.2, 0.25) is 0 Å². The lowest BCUT2D eigenvalue weighted by Gasteiger charge is -2.13. The topological polar surface area (TPSA) is 57.2 Å². The maximum atomic E-state index is 8.58. The number of aliphatic hydroxyl groups is 1. The maximum absolute atomic E-state index is 8.58. The van der Waals surface area contributed by atoms with E-state index < -0.39 is 0 Å². The lowest BCUT2D eigenvalue weighted by Crippen LogP contribution is -2.12. The van der Waals surface area contributed by atoms with E-state index in [1.807, 2.05) is 0 Å². The Bertz CT molecular complexity index is 491. The summed E-state index contributed by atoms with van der Waals surface area (Å²) in [5.41, 5.74) is 2.64. The minimum absolute atomic E-state index is 0.0473. The van der Waals surface area contributed by atoms with Crippen molar-refractivity contribution in [2.24, 2.45) is 0 Å². The highest BCUT2D eigenvalue weighted by molar-refractivity contribution is 5.24. The van der Waals surface area contributed by atoms with Crippen molar-refractivity contribution in [2.75, 3.05) is 52.9 Å². The Kier molecular flexibility index (Phi) is 18.9. The fourth-order valence-corrected chi connectivity index (χ4v) is 3.43. The van der Waals surface area contributed by atoms with Gasteiger partial charge in [-0.05, 0) is 23.5 Å². The van der Waals surface area contributed by atoms with Crippen LogP contribution in [0.1, 0.15) is 82.3 Å². The number of unbranched alkanes of at least 4 members (excludes halogenated alkanes) is 6. The molecule has 0 aliphatic carbocycles. The highest BCUT2D eigenvalue weighted by Gasteiger charge is 2.05. The lowest BCUT2D eigenvalue weighted by atomic mass is 9.94. The first-order valence-corrected chi connectivity index (χ1v) is 12.3. The molecule has 0 fully saturated rings. The van der Waals surface area contributed by atoms with Crippen LogP contribution in [0.5, 0.6) is 0 Å². The Labute approximate surface area is 190 Å². The van der Waals surface area contributed by atoms with Crippen LogP contribution >= 0.6 is 0 Å². The van der Waals surface area contributed by atoms with E-state index in [0.29, 0.717) is 58.8 Å². The van der Waals surface area contributed by atoms with Crippen LogP contribution in [0.25, 0.3) is 0 Å². The molecule has 0 saturated carbocycles. The zero-order valence-corrected chi connectivity index (χ0v) is 20.0.